The highest BCUT2D eigenvalue weighted by Crippen LogP contribution is 2.53. The van der Waals surface area contributed by atoms with Crippen LogP contribution >= 0.6 is 0 Å². The van der Waals surface area contributed by atoms with Gasteiger partial charge in [-0.15, -0.1) is 0 Å². The number of piperidine rings is 1. The topological polar surface area (TPSA) is 176 Å². The summed E-state index contributed by atoms with van der Waals surface area (Å²) in [4.78, 5) is 97.1. The average Bonchev–Trinajstić information content (AvgIpc) is 3.69. The van der Waals surface area contributed by atoms with Crippen LogP contribution in [0.4, 0.5) is 4.79 Å². The van der Waals surface area contributed by atoms with Crippen LogP contribution in [0, 0.1) is 45.8 Å². The number of nitrogens with two attached hydrogens (primary N) is 1. The zero-order valence-corrected chi connectivity index (χ0v) is 32.6. The minimum atomic E-state index is -1.03. The molecule has 0 spiro atoms. The first-order valence-electron chi connectivity index (χ1n) is 19.8. The van der Waals surface area contributed by atoms with E-state index in [1.54, 1.807) is 4.90 Å². The molecule has 12 nitrogen and oxygen atoms in total. The van der Waals surface area contributed by atoms with Crippen molar-refractivity contribution < 1.29 is 33.6 Å². The summed E-state index contributed by atoms with van der Waals surface area (Å²) >= 11 is 0. The number of urea groups is 1. The third-order valence-corrected chi connectivity index (χ3v) is 13.0. The maximum atomic E-state index is 14.9. The zero-order chi connectivity index (χ0) is 38.3. The molecule has 2 aliphatic heterocycles. The average molecular weight is 726 g/mol. The Morgan fingerprint density at radius 2 is 1.50 bits per heavy atom. The van der Waals surface area contributed by atoms with Crippen molar-refractivity contribution in [3.05, 3.63) is 0 Å². The molecule has 4 N–H and O–H groups in total. The number of amides is 6. The van der Waals surface area contributed by atoms with Gasteiger partial charge in [-0.05, 0) is 72.0 Å². The summed E-state index contributed by atoms with van der Waals surface area (Å²) < 4.78 is 0. The van der Waals surface area contributed by atoms with E-state index in [2.05, 4.69) is 24.5 Å². The first-order chi connectivity index (χ1) is 24.2. The molecule has 290 valence electrons. The summed E-state index contributed by atoms with van der Waals surface area (Å²) in [6.45, 7) is 14.4. The summed E-state index contributed by atoms with van der Waals surface area (Å²) in [5.41, 5.74) is 4.38. The number of rotatable bonds is 13. The van der Waals surface area contributed by atoms with Crippen molar-refractivity contribution in [3.8, 4) is 0 Å². The van der Waals surface area contributed by atoms with Gasteiger partial charge in [-0.3, -0.25) is 33.7 Å². The van der Waals surface area contributed by atoms with E-state index in [0.29, 0.717) is 18.9 Å². The number of primary amides is 1. The first kappa shape index (κ1) is 39.9. The number of ketones is 2. The summed E-state index contributed by atoms with van der Waals surface area (Å²) in [6.07, 6.45) is 8.82. The molecule has 5 aliphatic rings. The molecule has 3 saturated carbocycles. The number of fused-ring (bicyclic) bond motifs is 1. The van der Waals surface area contributed by atoms with Crippen LogP contribution in [0.25, 0.3) is 0 Å². The van der Waals surface area contributed by atoms with Crippen LogP contribution in [0.3, 0.4) is 0 Å². The van der Waals surface area contributed by atoms with E-state index in [0.717, 1.165) is 57.8 Å². The van der Waals surface area contributed by atoms with Gasteiger partial charge in [-0.25, -0.2) is 4.79 Å². The monoisotopic (exact) mass is 725 g/mol. The van der Waals surface area contributed by atoms with Crippen molar-refractivity contribution in [2.45, 2.75) is 150 Å². The van der Waals surface area contributed by atoms with Gasteiger partial charge in [0.15, 0.2) is 5.78 Å². The van der Waals surface area contributed by atoms with Gasteiger partial charge in [0.2, 0.25) is 23.5 Å². The quantitative estimate of drug-likeness (QED) is 0.185. The molecule has 5 fully saturated rings. The Kier molecular flexibility index (Phi) is 11.7. The molecule has 12 heteroatoms. The molecule has 2 heterocycles. The second-order valence-electron chi connectivity index (χ2n) is 19.3. The number of carbonyl (C=O) groups is 7. The number of carbonyl (C=O) groups excluding carboxylic acids is 7. The van der Waals surface area contributed by atoms with Crippen LogP contribution in [-0.4, -0.2) is 82.2 Å². The van der Waals surface area contributed by atoms with E-state index in [9.17, 15) is 33.6 Å². The fraction of sp³-hybridized carbons (Fsp3) is 0.825. The maximum absolute atomic E-state index is 14.9. The number of nitrogens with zero attached hydrogens (tertiary/aromatic N) is 2. The molecular weight excluding hydrogens is 662 g/mol. The Hall–Kier alpha value is -3.31. The lowest BCUT2D eigenvalue weighted by atomic mass is 9.78. The Bertz CT molecular complexity index is 1420. The van der Waals surface area contributed by atoms with Crippen LogP contribution in [0.15, 0.2) is 0 Å². The highest BCUT2D eigenvalue weighted by molar-refractivity contribution is 6.36. The van der Waals surface area contributed by atoms with Gasteiger partial charge in [0.05, 0.1) is 12.1 Å². The van der Waals surface area contributed by atoms with Gasteiger partial charge in [-0.2, -0.15) is 0 Å². The smallest absolute Gasteiger partial charge is 0.315 e. The van der Waals surface area contributed by atoms with Gasteiger partial charge in [0.25, 0.3) is 5.91 Å². The second-order valence-corrected chi connectivity index (χ2v) is 19.3. The number of likely N-dealkylation sites (tertiary alicyclic amines) is 2. The highest BCUT2D eigenvalue weighted by Gasteiger charge is 2.57. The van der Waals surface area contributed by atoms with E-state index in [1.165, 1.54) is 4.90 Å². The molecule has 5 rings (SSSR count). The number of Topliss-reactive ketones (excluding diaryl/α,β-unsaturated/α-hetero) is 2. The lowest BCUT2D eigenvalue weighted by Crippen LogP contribution is -2.61. The zero-order valence-electron chi connectivity index (χ0n) is 32.6. The normalized spacial score (nSPS) is 27.8. The second kappa shape index (κ2) is 15.2. The number of hydrogen-bond acceptors (Lipinski definition) is 7. The van der Waals surface area contributed by atoms with Crippen molar-refractivity contribution >= 4 is 41.2 Å². The van der Waals surface area contributed by atoms with Crippen LogP contribution in [-0.2, 0) is 28.8 Å². The molecule has 0 aromatic carbocycles. The summed E-state index contributed by atoms with van der Waals surface area (Å²) in [6, 6.07) is -2.77. The molecular formula is C40H63N5O7. The lowest BCUT2D eigenvalue weighted by molar-refractivity contribution is -0.153. The SMILES string of the molecule is CC1(C)CC(=O)N(C[C@@H](NC(=O)N[C@H](C(=O)N2C[C@H]3[C@H](CCC3(C)C)[C@H]2C(=O)CC(CC2CC2)C(=O)C(N)=O)C2CCCCC2)C(C)(C)C)C(=O)C1. The van der Waals surface area contributed by atoms with Gasteiger partial charge in [0.1, 0.15) is 6.04 Å². The van der Waals surface area contributed by atoms with Crippen molar-refractivity contribution in [1.82, 2.24) is 20.4 Å². The van der Waals surface area contributed by atoms with Crippen molar-refractivity contribution in [1.29, 1.82) is 0 Å². The summed E-state index contributed by atoms with van der Waals surface area (Å²) in [5, 5.41) is 6.06. The number of imide groups is 1. The van der Waals surface area contributed by atoms with E-state index in [-0.39, 0.29) is 72.5 Å². The summed E-state index contributed by atoms with van der Waals surface area (Å²) in [5.74, 6) is -3.39. The molecule has 52 heavy (non-hydrogen) atoms. The Labute approximate surface area is 309 Å². The van der Waals surface area contributed by atoms with Crippen LogP contribution in [0.2, 0.25) is 0 Å². The Morgan fingerprint density at radius 3 is 2.06 bits per heavy atom. The van der Waals surface area contributed by atoms with Crippen LogP contribution in [0.5, 0.6) is 0 Å². The van der Waals surface area contributed by atoms with Crippen molar-refractivity contribution in [2.75, 3.05) is 13.1 Å². The minimum Gasteiger partial charge on any atom is -0.363 e. The highest BCUT2D eigenvalue weighted by atomic mass is 16.2. The molecule has 2 saturated heterocycles. The predicted molar refractivity (Wildman–Crippen MR) is 195 cm³/mol. The fourth-order valence-electron chi connectivity index (χ4n) is 9.57. The van der Waals surface area contributed by atoms with Gasteiger partial charge >= 0.3 is 6.03 Å². The third kappa shape index (κ3) is 9.07. The molecule has 1 unspecified atom stereocenters. The fourth-order valence-corrected chi connectivity index (χ4v) is 9.57. The molecule has 3 aliphatic carbocycles. The Balaban J connectivity index is 1.38. The molecule has 6 amide bonds. The molecule has 0 aromatic rings. The standard InChI is InChI=1S/C40H63N5O7/c1-38(2,3)29(22-44-30(47)19-39(4,5)20-31(44)48)42-37(52)43-32(24-11-9-8-10-12-24)36(51)45-21-27-26(15-16-40(27,6)7)33(45)28(46)18-25(17-23-13-14-23)34(49)35(41)50/h23-27,29,32-33H,8-22H2,1-7H3,(H2,41,50)(H2,42,43,52)/t25?,26-,27-,29+,32-,33-/m0/s1. The van der Waals surface area contributed by atoms with Crippen LogP contribution in [0.1, 0.15) is 132 Å². The van der Waals surface area contributed by atoms with E-state index >= 15 is 0 Å². The van der Waals surface area contributed by atoms with Crippen molar-refractivity contribution in [2.24, 2.45) is 51.6 Å². The molecule has 0 radical (unpaired) electrons. The first-order valence-corrected chi connectivity index (χ1v) is 19.8. The van der Waals surface area contributed by atoms with Gasteiger partial charge in [-0.1, -0.05) is 80.6 Å². The predicted octanol–water partition coefficient (Wildman–Crippen LogP) is 4.52. The third-order valence-electron chi connectivity index (χ3n) is 13.0. The van der Waals surface area contributed by atoms with Crippen LogP contribution < -0.4 is 16.4 Å². The lowest BCUT2D eigenvalue weighted by Gasteiger charge is -2.40. The van der Waals surface area contributed by atoms with Crippen molar-refractivity contribution in [3.63, 3.8) is 0 Å². The largest absolute Gasteiger partial charge is 0.363 e. The van der Waals surface area contributed by atoms with Gasteiger partial charge < -0.3 is 21.3 Å². The maximum Gasteiger partial charge on any atom is 0.315 e. The minimum absolute atomic E-state index is 0.0277. The van der Waals surface area contributed by atoms with E-state index in [4.69, 9.17) is 5.73 Å². The van der Waals surface area contributed by atoms with E-state index < -0.39 is 52.6 Å². The Morgan fingerprint density at radius 1 is 0.885 bits per heavy atom. The van der Waals surface area contributed by atoms with Gasteiger partial charge in [0, 0.05) is 38.3 Å². The number of nitrogens with one attached hydrogen (secondary N) is 2. The van der Waals surface area contributed by atoms with E-state index in [1.807, 2.05) is 34.6 Å². The molecule has 0 bridgehead atoms. The molecule has 6 atom stereocenters. The molecule has 0 aromatic heterocycles. The number of hydrogen-bond donors (Lipinski definition) is 3. The summed E-state index contributed by atoms with van der Waals surface area (Å²) in [7, 11) is 0.